The third kappa shape index (κ3) is 3.06. The minimum atomic E-state index is -0.391. The molecule has 0 aliphatic carbocycles. The minimum Gasteiger partial charge on any atom is -0.378 e. The lowest BCUT2D eigenvalue weighted by Crippen LogP contribution is -2.37. The van der Waals surface area contributed by atoms with Gasteiger partial charge in [0.2, 0.25) is 11.8 Å². The Labute approximate surface area is 129 Å². The molecule has 22 heavy (non-hydrogen) atoms. The summed E-state index contributed by atoms with van der Waals surface area (Å²) in [4.78, 5) is 27.4. The molecule has 118 valence electrons. The molecule has 0 aromatic heterocycles. The largest absolute Gasteiger partial charge is 0.378 e. The summed E-state index contributed by atoms with van der Waals surface area (Å²) in [6.45, 7) is 4.10. The van der Waals surface area contributed by atoms with Gasteiger partial charge >= 0.3 is 0 Å². The summed E-state index contributed by atoms with van der Waals surface area (Å²) in [6.07, 6.45) is 0.231. The van der Waals surface area contributed by atoms with Gasteiger partial charge in [-0.3, -0.25) is 9.59 Å². The molecule has 2 N–H and O–H groups in total. The maximum Gasteiger partial charge on any atom is 0.223 e. The van der Waals surface area contributed by atoms with E-state index in [0.717, 1.165) is 37.6 Å². The molecular weight excluding hydrogens is 282 g/mol. The van der Waals surface area contributed by atoms with E-state index in [4.69, 9.17) is 10.5 Å². The standard InChI is InChI=1S/C16H21N3O3/c17-16(21)13-9-15(20)19(11-13)10-12-3-1-2-4-14(12)18-5-7-22-8-6-18/h1-4,13H,5-11H2,(H2,17,21). The molecule has 2 amide bonds. The van der Waals surface area contributed by atoms with Crippen LogP contribution in [0.15, 0.2) is 24.3 Å². The van der Waals surface area contributed by atoms with E-state index in [-0.39, 0.29) is 18.2 Å². The number of morpholine rings is 1. The van der Waals surface area contributed by atoms with Gasteiger partial charge in [0.15, 0.2) is 0 Å². The third-order valence-electron chi connectivity index (χ3n) is 4.32. The van der Waals surface area contributed by atoms with Crippen LogP contribution in [0.5, 0.6) is 0 Å². The molecule has 1 unspecified atom stereocenters. The minimum absolute atomic E-state index is 0.000538. The normalized spacial score (nSPS) is 22.2. The third-order valence-corrected chi connectivity index (χ3v) is 4.32. The average Bonchev–Trinajstić information content (AvgIpc) is 2.90. The van der Waals surface area contributed by atoms with E-state index in [9.17, 15) is 9.59 Å². The van der Waals surface area contributed by atoms with Crippen LogP contribution in [0.4, 0.5) is 5.69 Å². The number of nitrogens with zero attached hydrogens (tertiary/aromatic N) is 2. The van der Waals surface area contributed by atoms with Crippen LogP contribution >= 0.6 is 0 Å². The number of hydrogen-bond donors (Lipinski definition) is 1. The molecule has 0 bridgehead atoms. The van der Waals surface area contributed by atoms with Gasteiger partial charge in [0.1, 0.15) is 0 Å². The van der Waals surface area contributed by atoms with Crippen LogP contribution in [-0.4, -0.2) is 49.6 Å². The van der Waals surface area contributed by atoms with Crippen molar-refractivity contribution in [2.45, 2.75) is 13.0 Å². The molecule has 1 aromatic rings. The summed E-state index contributed by atoms with van der Waals surface area (Å²) in [5.74, 6) is -0.749. The van der Waals surface area contributed by atoms with Crippen LogP contribution in [0.25, 0.3) is 0 Å². The summed E-state index contributed by atoms with van der Waals surface area (Å²) in [7, 11) is 0. The van der Waals surface area contributed by atoms with Crippen molar-refractivity contribution in [1.29, 1.82) is 0 Å². The van der Waals surface area contributed by atoms with Crippen molar-refractivity contribution < 1.29 is 14.3 Å². The monoisotopic (exact) mass is 303 g/mol. The Kier molecular flexibility index (Phi) is 4.29. The Balaban J connectivity index is 1.75. The Hall–Kier alpha value is -2.08. The zero-order valence-corrected chi connectivity index (χ0v) is 12.5. The molecular formula is C16H21N3O3. The lowest BCUT2D eigenvalue weighted by molar-refractivity contribution is -0.128. The number of benzene rings is 1. The van der Waals surface area contributed by atoms with E-state index < -0.39 is 5.91 Å². The van der Waals surface area contributed by atoms with Crippen LogP contribution < -0.4 is 10.6 Å². The summed E-state index contributed by atoms with van der Waals surface area (Å²) >= 11 is 0. The van der Waals surface area contributed by atoms with Gasteiger partial charge in [0, 0.05) is 38.3 Å². The Morgan fingerprint density at radius 3 is 2.68 bits per heavy atom. The van der Waals surface area contributed by atoms with Gasteiger partial charge < -0.3 is 20.3 Å². The van der Waals surface area contributed by atoms with Crippen LogP contribution in [0.1, 0.15) is 12.0 Å². The average molecular weight is 303 g/mol. The smallest absolute Gasteiger partial charge is 0.223 e. The molecule has 2 saturated heterocycles. The van der Waals surface area contributed by atoms with Crippen molar-refractivity contribution in [3.63, 3.8) is 0 Å². The molecule has 6 nitrogen and oxygen atoms in total. The topological polar surface area (TPSA) is 75.9 Å². The van der Waals surface area contributed by atoms with E-state index >= 15 is 0 Å². The fraction of sp³-hybridized carbons (Fsp3) is 0.500. The van der Waals surface area contributed by atoms with Gasteiger partial charge in [-0.05, 0) is 11.6 Å². The number of nitrogens with two attached hydrogens (primary N) is 1. The molecule has 2 fully saturated rings. The van der Waals surface area contributed by atoms with E-state index in [0.29, 0.717) is 13.1 Å². The second-order valence-electron chi connectivity index (χ2n) is 5.81. The van der Waals surface area contributed by atoms with Crippen molar-refractivity contribution in [1.82, 2.24) is 4.90 Å². The SMILES string of the molecule is NC(=O)C1CC(=O)N(Cc2ccccc2N2CCOCC2)C1. The first-order chi connectivity index (χ1) is 10.6. The van der Waals surface area contributed by atoms with Gasteiger partial charge in [0.05, 0.1) is 19.1 Å². The second-order valence-corrected chi connectivity index (χ2v) is 5.81. The highest BCUT2D eigenvalue weighted by molar-refractivity contribution is 5.88. The van der Waals surface area contributed by atoms with Gasteiger partial charge in [-0.25, -0.2) is 0 Å². The lowest BCUT2D eigenvalue weighted by Gasteiger charge is -2.31. The van der Waals surface area contributed by atoms with Gasteiger partial charge in [-0.2, -0.15) is 0 Å². The zero-order valence-electron chi connectivity index (χ0n) is 12.5. The molecule has 3 rings (SSSR count). The van der Waals surface area contributed by atoms with Crippen LogP contribution in [0, 0.1) is 5.92 Å². The van der Waals surface area contributed by atoms with Gasteiger partial charge in [-0.1, -0.05) is 18.2 Å². The highest BCUT2D eigenvalue weighted by Gasteiger charge is 2.33. The number of rotatable bonds is 4. The number of carbonyl (C=O) groups is 2. The molecule has 0 spiro atoms. The number of para-hydroxylation sites is 1. The molecule has 1 atom stereocenters. The van der Waals surface area contributed by atoms with E-state index in [1.165, 1.54) is 0 Å². The summed E-state index contributed by atoms with van der Waals surface area (Å²) in [6, 6.07) is 8.10. The predicted octanol–water partition coefficient (Wildman–Crippen LogP) is 0.357. The molecule has 1 aromatic carbocycles. The Morgan fingerprint density at radius 1 is 1.27 bits per heavy atom. The van der Waals surface area contributed by atoms with E-state index in [2.05, 4.69) is 11.0 Å². The summed E-state index contributed by atoms with van der Waals surface area (Å²) in [5, 5.41) is 0. The van der Waals surface area contributed by atoms with Crippen molar-refractivity contribution in [3.8, 4) is 0 Å². The number of ether oxygens (including phenoxy) is 1. The van der Waals surface area contributed by atoms with Crippen molar-refractivity contribution in [2.75, 3.05) is 37.7 Å². The first-order valence-electron chi connectivity index (χ1n) is 7.63. The fourth-order valence-corrected chi connectivity index (χ4v) is 3.08. The Morgan fingerprint density at radius 2 is 2.00 bits per heavy atom. The van der Waals surface area contributed by atoms with E-state index in [1.807, 2.05) is 18.2 Å². The second kappa shape index (κ2) is 6.36. The number of primary amides is 1. The highest BCUT2D eigenvalue weighted by atomic mass is 16.5. The number of amides is 2. The Bertz CT molecular complexity index is 570. The van der Waals surface area contributed by atoms with Crippen molar-refractivity contribution in [3.05, 3.63) is 29.8 Å². The van der Waals surface area contributed by atoms with Crippen LogP contribution in [-0.2, 0) is 20.9 Å². The first-order valence-corrected chi connectivity index (χ1v) is 7.63. The first kappa shape index (κ1) is 14.8. The quantitative estimate of drug-likeness (QED) is 0.871. The molecule has 6 heteroatoms. The van der Waals surface area contributed by atoms with Crippen LogP contribution in [0.3, 0.4) is 0 Å². The van der Waals surface area contributed by atoms with E-state index in [1.54, 1.807) is 4.90 Å². The maximum absolute atomic E-state index is 12.1. The zero-order chi connectivity index (χ0) is 15.5. The lowest BCUT2D eigenvalue weighted by atomic mass is 10.1. The van der Waals surface area contributed by atoms with Gasteiger partial charge in [-0.15, -0.1) is 0 Å². The van der Waals surface area contributed by atoms with Crippen molar-refractivity contribution >= 4 is 17.5 Å². The summed E-state index contributed by atoms with van der Waals surface area (Å²) < 4.78 is 5.39. The predicted molar refractivity (Wildman–Crippen MR) is 82.2 cm³/mol. The maximum atomic E-state index is 12.1. The molecule has 2 aliphatic rings. The highest BCUT2D eigenvalue weighted by Crippen LogP contribution is 2.26. The van der Waals surface area contributed by atoms with Crippen molar-refractivity contribution in [2.24, 2.45) is 11.7 Å². The summed E-state index contributed by atoms with van der Waals surface area (Å²) in [5.41, 5.74) is 7.56. The number of hydrogen-bond acceptors (Lipinski definition) is 4. The molecule has 0 radical (unpaired) electrons. The molecule has 2 aliphatic heterocycles. The molecule has 0 saturated carbocycles. The van der Waals surface area contributed by atoms with Gasteiger partial charge in [0.25, 0.3) is 0 Å². The number of likely N-dealkylation sites (tertiary alicyclic amines) is 1. The number of anilines is 1. The van der Waals surface area contributed by atoms with Crippen LogP contribution in [0.2, 0.25) is 0 Å². The number of carbonyl (C=O) groups excluding carboxylic acids is 2. The molecule has 2 heterocycles. The fourth-order valence-electron chi connectivity index (χ4n) is 3.08.